The summed E-state index contributed by atoms with van der Waals surface area (Å²) in [6, 6.07) is 0. The molecule has 5 aliphatic rings. The van der Waals surface area contributed by atoms with E-state index in [-0.39, 0.29) is 34.0 Å². The lowest BCUT2D eigenvalue weighted by Gasteiger charge is -2.72. The molecule has 5 rings (SSSR count). The Balaban J connectivity index is 1.55. The molecule has 1 aliphatic heterocycles. The Morgan fingerprint density at radius 1 is 0.864 bits per heavy atom. The summed E-state index contributed by atoms with van der Waals surface area (Å²) in [6.45, 7) is 17.2. The topological polar surface area (TPSA) is 140 Å². The van der Waals surface area contributed by atoms with Crippen molar-refractivity contribution in [1.29, 1.82) is 0 Å². The molecule has 252 valence electrons. The normalized spacial score (nSPS) is 52.1. The van der Waals surface area contributed by atoms with Gasteiger partial charge in [0, 0.05) is 0 Å². The fourth-order valence-electron chi connectivity index (χ4n) is 11.5. The van der Waals surface area contributed by atoms with Crippen molar-refractivity contribution in [2.75, 3.05) is 6.61 Å². The molecule has 4 aliphatic carbocycles. The highest BCUT2D eigenvalue weighted by molar-refractivity contribution is 5.24. The van der Waals surface area contributed by atoms with Gasteiger partial charge in [-0.05, 0) is 111 Å². The van der Waals surface area contributed by atoms with E-state index in [4.69, 9.17) is 9.47 Å². The van der Waals surface area contributed by atoms with Gasteiger partial charge in [0.25, 0.3) is 0 Å². The van der Waals surface area contributed by atoms with Gasteiger partial charge in [0.1, 0.15) is 24.4 Å². The maximum absolute atomic E-state index is 12.0. The van der Waals surface area contributed by atoms with Gasteiger partial charge >= 0.3 is 0 Å². The van der Waals surface area contributed by atoms with Gasteiger partial charge in [0.05, 0.1) is 24.9 Å². The Bertz CT molecular complexity index is 1110. The Kier molecular flexibility index (Phi) is 9.40. The Hall–Kier alpha value is -0.840. The van der Waals surface area contributed by atoms with E-state index in [0.29, 0.717) is 25.2 Å². The molecule has 1 heterocycles. The van der Waals surface area contributed by atoms with Crippen molar-refractivity contribution in [3.8, 4) is 0 Å². The monoisotopic (exact) mass is 620 g/mol. The van der Waals surface area contributed by atoms with E-state index < -0.39 is 61.0 Å². The van der Waals surface area contributed by atoms with Crippen LogP contribution in [-0.2, 0) is 9.47 Å². The molecular formula is C36H60O8. The van der Waals surface area contributed by atoms with E-state index in [1.165, 1.54) is 11.1 Å². The Morgan fingerprint density at radius 2 is 1.55 bits per heavy atom. The third-order valence-electron chi connectivity index (χ3n) is 13.9. The van der Waals surface area contributed by atoms with Crippen molar-refractivity contribution in [2.24, 2.45) is 45.3 Å². The minimum atomic E-state index is -1.52. The second-order valence-corrected chi connectivity index (χ2v) is 16.8. The third-order valence-corrected chi connectivity index (χ3v) is 13.9. The minimum Gasteiger partial charge on any atom is -0.394 e. The summed E-state index contributed by atoms with van der Waals surface area (Å²) in [5.74, 6) is 0.506. The van der Waals surface area contributed by atoms with E-state index >= 15 is 0 Å². The zero-order valence-electron chi connectivity index (χ0n) is 28.2. The van der Waals surface area contributed by atoms with Gasteiger partial charge in [-0.25, -0.2) is 0 Å². The van der Waals surface area contributed by atoms with E-state index in [1.54, 1.807) is 0 Å². The first kappa shape index (κ1) is 34.5. The molecule has 0 spiro atoms. The second kappa shape index (κ2) is 12.0. The number of aliphatic hydroxyl groups excluding tert-OH is 6. The highest BCUT2D eigenvalue weighted by Crippen LogP contribution is 2.76. The maximum Gasteiger partial charge on any atom is 0.186 e. The van der Waals surface area contributed by atoms with Gasteiger partial charge in [0.2, 0.25) is 0 Å². The number of aliphatic hydroxyl groups is 6. The lowest BCUT2D eigenvalue weighted by molar-refractivity contribution is -0.346. The van der Waals surface area contributed by atoms with Gasteiger partial charge in [0.15, 0.2) is 6.29 Å². The van der Waals surface area contributed by atoms with Crippen molar-refractivity contribution in [1.82, 2.24) is 0 Å². The summed E-state index contributed by atoms with van der Waals surface area (Å²) < 4.78 is 12.6. The first-order valence-corrected chi connectivity index (χ1v) is 17.1. The van der Waals surface area contributed by atoms with Gasteiger partial charge in [-0.15, -0.1) is 0 Å². The SMILES string of the molecule is CC(C)=CC/C=C(\C)[C@H]1CC[C@]2(C)[C@@H]1[C@H](O)C[C@@H]1[C@@]3(C)CC[C@@H](O)C(C)(C)[C@H]3[C@@H](O[C@H]3O[C@H](CO)[C@@H](O)[C@H](O)[C@H]3O)C[C@]12C. The van der Waals surface area contributed by atoms with Crippen LogP contribution in [0.4, 0.5) is 0 Å². The molecular weight excluding hydrogens is 560 g/mol. The first-order valence-electron chi connectivity index (χ1n) is 17.1. The van der Waals surface area contributed by atoms with Gasteiger partial charge in [-0.3, -0.25) is 0 Å². The van der Waals surface area contributed by atoms with Crippen molar-refractivity contribution in [2.45, 2.75) is 149 Å². The summed E-state index contributed by atoms with van der Waals surface area (Å²) >= 11 is 0. The lowest BCUT2D eigenvalue weighted by Crippen LogP contribution is -2.70. The average Bonchev–Trinajstić information content (AvgIpc) is 3.32. The Morgan fingerprint density at radius 3 is 2.18 bits per heavy atom. The fourth-order valence-corrected chi connectivity index (χ4v) is 11.5. The van der Waals surface area contributed by atoms with Crippen LogP contribution in [0.3, 0.4) is 0 Å². The van der Waals surface area contributed by atoms with Crippen molar-refractivity contribution in [3.05, 3.63) is 23.3 Å². The molecule has 8 heteroatoms. The molecule has 0 aromatic carbocycles. The summed E-state index contributed by atoms with van der Waals surface area (Å²) in [5.41, 5.74) is 1.49. The summed E-state index contributed by atoms with van der Waals surface area (Å²) in [4.78, 5) is 0. The lowest BCUT2D eigenvalue weighted by atomic mass is 9.34. The van der Waals surface area contributed by atoms with Gasteiger partial charge in [-0.2, -0.15) is 0 Å². The predicted molar refractivity (Wildman–Crippen MR) is 168 cm³/mol. The highest BCUT2D eigenvalue weighted by atomic mass is 16.7. The molecule has 8 nitrogen and oxygen atoms in total. The molecule has 44 heavy (non-hydrogen) atoms. The molecule has 15 atom stereocenters. The molecule has 6 N–H and O–H groups in total. The molecule has 1 saturated heterocycles. The van der Waals surface area contributed by atoms with Gasteiger partial charge < -0.3 is 40.1 Å². The third kappa shape index (κ3) is 5.18. The zero-order chi connectivity index (χ0) is 32.6. The number of fused-ring (bicyclic) bond motifs is 5. The van der Waals surface area contributed by atoms with E-state index in [9.17, 15) is 30.6 Å². The number of rotatable bonds is 6. The van der Waals surface area contributed by atoms with Crippen LogP contribution >= 0.6 is 0 Å². The number of ether oxygens (including phenoxy) is 2. The molecule has 0 unspecified atom stereocenters. The molecule has 5 fully saturated rings. The largest absolute Gasteiger partial charge is 0.394 e. The van der Waals surface area contributed by atoms with Crippen LogP contribution in [-0.4, -0.2) is 86.3 Å². The number of hydrogen-bond donors (Lipinski definition) is 6. The minimum absolute atomic E-state index is 0.112. The second-order valence-electron chi connectivity index (χ2n) is 16.8. The molecule has 0 bridgehead atoms. The molecule has 0 radical (unpaired) electrons. The zero-order valence-corrected chi connectivity index (χ0v) is 28.2. The van der Waals surface area contributed by atoms with Crippen molar-refractivity contribution in [3.63, 3.8) is 0 Å². The highest BCUT2D eigenvalue weighted by Gasteiger charge is 2.72. The van der Waals surface area contributed by atoms with Crippen LogP contribution in [0.1, 0.15) is 100 Å². The Labute approximate surface area is 264 Å². The molecule has 0 amide bonds. The van der Waals surface area contributed by atoms with Crippen LogP contribution in [0.5, 0.6) is 0 Å². The summed E-state index contributed by atoms with van der Waals surface area (Å²) in [6.07, 6.45) is 2.23. The predicted octanol–water partition coefficient (Wildman–Crippen LogP) is 4.10. The van der Waals surface area contributed by atoms with E-state index in [2.05, 4.69) is 67.5 Å². The van der Waals surface area contributed by atoms with E-state index in [0.717, 1.165) is 25.7 Å². The van der Waals surface area contributed by atoms with Crippen LogP contribution in [0.2, 0.25) is 0 Å². The molecule has 0 aromatic heterocycles. The fraction of sp³-hybridized carbons (Fsp3) is 0.889. The quantitative estimate of drug-likeness (QED) is 0.193. The maximum atomic E-state index is 12.0. The first-order chi connectivity index (χ1) is 20.4. The average molecular weight is 621 g/mol. The van der Waals surface area contributed by atoms with Gasteiger partial charge in [-0.1, -0.05) is 57.9 Å². The summed E-state index contributed by atoms with van der Waals surface area (Å²) in [7, 11) is 0. The van der Waals surface area contributed by atoms with Crippen molar-refractivity contribution >= 4 is 0 Å². The standard InChI is InChI=1S/C36H60O8/c1-19(2)10-9-11-20(3)21-12-15-35(7)27(21)22(38)16-25-34(6)14-13-26(39)33(4,5)31(34)23(17-36(25,35)8)43-32-30(42)29(41)28(40)24(18-37)44-32/h10-11,21-32,37-42H,9,12-18H2,1-8H3/b20-11+/t21-,22-,23+,24-,25-,26-,27+,28-,29+,30-,31-,32+,34-,35-,36-/m1/s1. The number of allylic oxidation sites excluding steroid dienone is 4. The van der Waals surface area contributed by atoms with Crippen LogP contribution in [0.25, 0.3) is 0 Å². The molecule has 4 saturated carbocycles. The van der Waals surface area contributed by atoms with Crippen LogP contribution in [0.15, 0.2) is 23.3 Å². The summed E-state index contributed by atoms with van der Waals surface area (Å²) in [5, 5.41) is 65.2. The van der Waals surface area contributed by atoms with Crippen LogP contribution in [0, 0.1) is 45.3 Å². The van der Waals surface area contributed by atoms with E-state index in [1.807, 2.05) is 0 Å². The number of hydrogen-bond acceptors (Lipinski definition) is 8. The molecule has 0 aromatic rings. The van der Waals surface area contributed by atoms with Crippen LogP contribution < -0.4 is 0 Å². The van der Waals surface area contributed by atoms with Crippen molar-refractivity contribution < 1.29 is 40.1 Å². The smallest absolute Gasteiger partial charge is 0.186 e.